The van der Waals surface area contributed by atoms with Crippen LogP contribution >= 0.6 is 0 Å². The number of fused-ring (bicyclic) bond motifs is 2. The van der Waals surface area contributed by atoms with E-state index in [0.717, 1.165) is 0 Å². The van der Waals surface area contributed by atoms with Crippen molar-refractivity contribution >= 4 is 17.7 Å². The molecule has 2 saturated heterocycles. The van der Waals surface area contributed by atoms with Crippen LogP contribution in [0.3, 0.4) is 0 Å². The number of nitrogens with zero attached hydrogens (tertiary/aromatic N) is 4. The lowest BCUT2D eigenvalue weighted by Crippen LogP contribution is -2.75. The molecule has 2 aromatic heterocycles. The van der Waals surface area contributed by atoms with Crippen LogP contribution in [0, 0.1) is 10.8 Å². The number of likely N-dealkylation sites (tertiary alicyclic amines) is 2. The molecule has 2 aliphatic rings. The lowest BCUT2D eigenvalue weighted by Gasteiger charge is -2.60. The van der Waals surface area contributed by atoms with Crippen LogP contribution in [0.4, 0.5) is 0 Å². The second-order valence-electron chi connectivity index (χ2n) is 8.54. The normalized spacial score (nSPS) is 30.0. The van der Waals surface area contributed by atoms with Gasteiger partial charge in [-0.15, -0.1) is 0 Å². The van der Waals surface area contributed by atoms with E-state index in [4.69, 9.17) is 9.47 Å². The maximum Gasteiger partial charge on any atom is 0.322 e. The van der Waals surface area contributed by atoms with Crippen LogP contribution in [0.5, 0.6) is 0 Å². The van der Waals surface area contributed by atoms with Gasteiger partial charge >= 0.3 is 11.9 Å². The molecular formula is C24H28N4O5. The first-order valence-corrected chi connectivity index (χ1v) is 10.9. The Balaban J connectivity index is 2.08. The molecule has 4 unspecified atom stereocenters. The first-order valence-electron chi connectivity index (χ1n) is 10.9. The number of methoxy groups -OCH3 is 2. The summed E-state index contributed by atoms with van der Waals surface area (Å²) in [7, 11) is 4.31. The number of ether oxygens (including phenoxy) is 2. The monoisotopic (exact) mass is 452 g/mol. The van der Waals surface area contributed by atoms with Crippen molar-refractivity contribution in [2.45, 2.75) is 19.0 Å². The summed E-state index contributed by atoms with van der Waals surface area (Å²) >= 11 is 0. The van der Waals surface area contributed by atoms with Gasteiger partial charge in [0.05, 0.1) is 37.7 Å². The number of pyridine rings is 2. The minimum absolute atomic E-state index is 0.105. The zero-order chi connectivity index (χ0) is 23.8. The molecule has 0 N–H and O–H groups in total. The largest absolute Gasteiger partial charge is 0.468 e. The lowest BCUT2D eigenvalue weighted by molar-refractivity contribution is -0.203. The van der Waals surface area contributed by atoms with Crippen molar-refractivity contribution in [2.24, 2.45) is 10.8 Å². The predicted octanol–water partition coefficient (Wildman–Crippen LogP) is 1.43. The summed E-state index contributed by atoms with van der Waals surface area (Å²) in [5.41, 5.74) is -2.27. The predicted molar refractivity (Wildman–Crippen MR) is 118 cm³/mol. The van der Waals surface area contributed by atoms with E-state index >= 15 is 0 Å². The molecule has 4 heterocycles. The van der Waals surface area contributed by atoms with E-state index in [9.17, 15) is 14.4 Å². The Morgan fingerprint density at radius 1 is 0.939 bits per heavy atom. The van der Waals surface area contributed by atoms with Crippen molar-refractivity contribution in [1.82, 2.24) is 19.8 Å². The Bertz CT molecular complexity index is 970. The van der Waals surface area contributed by atoms with Gasteiger partial charge in [-0.25, -0.2) is 0 Å². The van der Waals surface area contributed by atoms with Crippen LogP contribution in [0.2, 0.25) is 0 Å². The van der Waals surface area contributed by atoms with Gasteiger partial charge in [-0.2, -0.15) is 0 Å². The van der Waals surface area contributed by atoms with Gasteiger partial charge in [0.15, 0.2) is 16.6 Å². The maximum atomic E-state index is 14.5. The topological polar surface area (TPSA) is 102 Å². The van der Waals surface area contributed by atoms with Gasteiger partial charge in [-0.3, -0.25) is 29.3 Å². The van der Waals surface area contributed by atoms with Crippen LogP contribution in [0.1, 0.15) is 30.4 Å². The number of rotatable bonds is 5. The minimum Gasteiger partial charge on any atom is -0.468 e. The second kappa shape index (κ2) is 8.64. The van der Waals surface area contributed by atoms with E-state index < -0.39 is 40.6 Å². The van der Waals surface area contributed by atoms with Gasteiger partial charge < -0.3 is 14.4 Å². The number of Topliss-reactive ketones (excluding diaryl/α,β-unsaturated/α-hetero) is 1. The highest BCUT2D eigenvalue weighted by Gasteiger charge is 2.75. The lowest BCUT2D eigenvalue weighted by atomic mass is 9.54. The average molecular weight is 453 g/mol. The van der Waals surface area contributed by atoms with Crippen molar-refractivity contribution in [3.05, 3.63) is 60.2 Å². The highest BCUT2D eigenvalue weighted by Crippen LogP contribution is 2.60. The number of piperidine rings is 2. The Morgan fingerprint density at radius 3 is 1.73 bits per heavy atom. The summed E-state index contributed by atoms with van der Waals surface area (Å²) < 4.78 is 10.4. The van der Waals surface area contributed by atoms with Crippen LogP contribution < -0.4 is 0 Å². The van der Waals surface area contributed by atoms with E-state index in [1.54, 1.807) is 43.7 Å². The minimum atomic E-state index is -1.68. The van der Waals surface area contributed by atoms with Crippen molar-refractivity contribution < 1.29 is 23.9 Å². The van der Waals surface area contributed by atoms with Crippen molar-refractivity contribution in [1.29, 1.82) is 0 Å². The summed E-state index contributed by atoms with van der Waals surface area (Å²) in [6, 6.07) is 9.17. The molecule has 0 aromatic carbocycles. The number of ketones is 1. The van der Waals surface area contributed by atoms with Crippen LogP contribution in [-0.2, 0) is 23.9 Å². The van der Waals surface area contributed by atoms with Crippen molar-refractivity contribution in [2.75, 3.05) is 40.9 Å². The van der Waals surface area contributed by atoms with E-state index in [1.807, 2.05) is 28.9 Å². The molecule has 2 bridgehead atoms. The smallest absolute Gasteiger partial charge is 0.322 e. The summed E-state index contributed by atoms with van der Waals surface area (Å²) in [4.78, 5) is 54.3. The third kappa shape index (κ3) is 3.18. The molecule has 2 aliphatic heterocycles. The molecule has 2 aromatic rings. The van der Waals surface area contributed by atoms with Gasteiger partial charge in [-0.05, 0) is 37.9 Å². The summed E-state index contributed by atoms with van der Waals surface area (Å²) in [6.45, 7) is 2.66. The molecule has 0 radical (unpaired) electrons. The molecule has 2 fully saturated rings. The summed E-state index contributed by atoms with van der Waals surface area (Å²) in [5.74, 6) is -1.90. The Labute approximate surface area is 192 Å². The Kier molecular flexibility index (Phi) is 6.02. The highest BCUT2D eigenvalue weighted by atomic mass is 16.5. The molecule has 33 heavy (non-hydrogen) atoms. The van der Waals surface area contributed by atoms with Crippen molar-refractivity contribution in [3.63, 3.8) is 0 Å². The standard InChI is InChI=1S/C24H28N4O5/c1-5-28-14-23(21(30)32-3)18(16-10-6-8-12-25-16)27(2)19(17-11-7-9-13-26-17)24(15-28,20(23)29)22(31)33-4/h6-13,18-19H,5,14-15H2,1-4H3. The van der Waals surface area contributed by atoms with Gasteiger partial charge in [0.2, 0.25) is 0 Å². The molecular weight excluding hydrogens is 424 g/mol. The fraction of sp³-hybridized carbons (Fsp3) is 0.458. The molecule has 9 nitrogen and oxygen atoms in total. The number of hydrogen-bond acceptors (Lipinski definition) is 9. The van der Waals surface area contributed by atoms with E-state index in [0.29, 0.717) is 17.9 Å². The number of carbonyl (C=O) groups excluding carboxylic acids is 3. The molecule has 174 valence electrons. The first-order chi connectivity index (χ1) is 15.9. The third-order valence-electron chi connectivity index (χ3n) is 6.99. The maximum absolute atomic E-state index is 14.5. The quantitative estimate of drug-likeness (QED) is 0.492. The number of esters is 2. The van der Waals surface area contributed by atoms with Gasteiger partial charge in [-0.1, -0.05) is 19.1 Å². The number of carbonyl (C=O) groups is 3. The van der Waals surface area contributed by atoms with E-state index in [-0.39, 0.29) is 13.1 Å². The summed E-state index contributed by atoms with van der Waals surface area (Å²) in [5, 5.41) is 0. The molecule has 0 spiro atoms. The molecule has 4 rings (SSSR count). The Hall–Kier alpha value is -3.17. The van der Waals surface area contributed by atoms with Gasteiger partial charge in [0.25, 0.3) is 0 Å². The molecule has 9 heteroatoms. The number of aromatic nitrogens is 2. The van der Waals surface area contributed by atoms with E-state index in [2.05, 4.69) is 9.97 Å². The SMILES string of the molecule is CCN1CC2(C(=O)OC)C(=O)C(C(=O)OC)(C1)C(c1ccccn1)N(C)C2c1ccccn1. The zero-order valence-electron chi connectivity index (χ0n) is 19.2. The second-order valence-corrected chi connectivity index (χ2v) is 8.54. The molecule has 0 saturated carbocycles. The highest BCUT2D eigenvalue weighted by molar-refractivity contribution is 6.17. The zero-order valence-corrected chi connectivity index (χ0v) is 19.2. The van der Waals surface area contributed by atoms with Crippen LogP contribution in [0.25, 0.3) is 0 Å². The van der Waals surface area contributed by atoms with Gasteiger partial charge in [0.1, 0.15) is 0 Å². The number of hydrogen-bond donors (Lipinski definition) is 0. The summed E-state index contributed by atoms with van der Waals surface area (Å²) in [6.07, 6.45) is 3.24. The first kappa shape index (κ1) is 23.0. The van der Waals surface area contributed by atoms with Crippen LogP contribution in [-0.4, -0.2) is 78.4 Å². The van der Waals surface area contributed by atoms with Gasteiger partial charge in [0, 0.05) is 25.5 Å². The Morgan fingerprint density at radius 2 is 1.39 bits per heavy atom. The average Bonchev–Trinajstić information content (AvgIpc) is 2.85. The van der Waals surface area contributed by atoms with Crippen LogP contribution in [0.15, 0.2) is 48.8 Å². The molecule has 0 amide bonds. The molecule has 0 aliphatic carbocycles. The third-order valence-corrected chi connectivity index (χ3v) is 6.99. The van der Waals surface area contributed by atoms with Crippen molar-refractivity contribution in [3.8, 4) is 0 Å². The molecule has 4 atom stereocenters. The fourth-order valence-corrected chi connectivity index (χ4v) is 5.69. The van der Waals surface area contributed by atoms with E-state index in [1.165, 1.54) is 14.2 Å². The fourth-order valence-electron chi connectivity index (χ4n) is 5.69.